The fourth-order valence-electron chi connectivity index (χ4n) is 3.46. The van der Waals surface area contributed by atoms with Gasteiger partial charge in [-0.15, -0.1) is 0 Å². The van der Waals surface area contributed by atoms with Gasteiger partial charge < -0.3 is 9.64 Å². The second-order valence-electron chi connectivity index (χ2n) is 6.93. The minimum Gasteiger partial charge on any atom is -0.370 e. The van der Waals surface area contributed by atoms with Crippen molar-refractivity contribution < 1.29 is 17.9 Å². The van der Waals surface area contributed by atoms with Gasteiger partial charge in [0.25, 0.3) is 5.91 Å². The molecule has 1 aliphatic heterocycles. The Bertz CT molecular complexity index is 988. The summed E-state index contributed by atoms with van der Waals surface area (Å²) in [5.41, 5.74) is 1.24. The van der Waals surface area contributed by atoms with Crippen molar-refractivity contribution in [3.05, 3.63) is 63.6 Å². The van der Waals surface area contributed by atoms with Gasteiger partial charge in [0.2, 0.25) is 10.0 Å². The summed E-state index contributed by atoms with van der Waals surface area (Å²) in [5.74, 6) is -0.178. The van der Waals surface area contributed by atoms with E-state index in [1.54, 1.807) is 49.1 Å². The number of carbonyl (C=O) groups is 1. The molecule has 2 aromatic rings. The van der Waals surface area contributed by atoms with Crippen molar-refractivity contribution in [2.45, 2.75) is 24.8 Å². The van der Waals surface area contributed by atoms with E-state index >= 15 is 0 Å². The molecule has 6 nitrogen and oxygen atoms in total. The highest BCUT2D eigenvalue weighted by atomic mass is 35.5. The van der Waals surface area contributed by atoms with Crippen LogP contribution >= 0.6 is 23.2 Å². The molecule has 9 heteroatoms. The van der Waals surface area contributed by atoms with E-state index in [4.69, 9.17) is 27.9 Å². The van der Waals surface area contributed by atoms with Gasteiger partial charge in [-0.3, -0.25) is 4.79 Å². The highest BCUT2D eigenvalue weighted by Gasteiger charge is 2.27. The average Bonchev–Trinajstić information content (AvgIpc) is 2.73. The molecule has 0 bridgehead atoms. The number of morpholine rings is 1. The molecule has 162 valence electrons. The Morgan fingerprint density at radius 3 is 2.27 bits per heavy atom. The topological polar surface area (TPSA) is 66.9 Å². The molecule has 0 aromatic heterocycles. The number of rotatable bonds is 6. The summed E-state index contributed by atoms with van der Waals surface area (Å²) in [6, 6.07) is 11.3. The van der Waals surface area contributed by atoms with Gasteiger partial charge in [-0.25, -0.2) is 8.42 Å². The van der Waals surface area contributed by atoms with Crippen LogP contribution < -0.4 is 0 Å². The van der Waals surface area contributed by atoms with E-state index in [1.165, 1.54) is 16.4 Å². The van der Waals surface area contributed by atoms with E-state index in [1.807, 2.05) is 0 Å². The fraction of sp³-hybridized carbons (Fsp3) is 0.381. The van der Waals surface area contributed by atoms with Gasteiger partial charge in [0.1, 0.15) is 6.10 Å². The number of amides is 1. The first-order chi connectivity index (χ1) is 14.3. The third-order valence-electron chi connectivity index (χ3n) is 5.05. The molecular formula is C21H24Cl2N2O4S. The number of hydrogen-bond acceptors (Lipinski definition) is 4. The monoisotopic (exact) mass is 470 g/mol. The smallest absolute Gasteiger partial charge is 0.254 e. The van der Waals surface area contributed by atoms with Crippen molar-refractivity contribution in [1.82, 2.24) is 9.21 Å². The largest absolute Gasteiger partial charge is 0.370 e. The quantitative estimate of drug-likeness (QED) is 0.632. The van der Waals surface area contributed by atoms with E-state index in [-0.39, 0.29) is 16.9 Å². The normalized spacial score (nSPS) is 17.4. The second-order valence-corrected chi connectivity index (χ2v) is 9.74. The lowest BCUT2D eigenvalue weighted by Crippen LogP contribution is -2.42. The van der Waals surface area contributed by atoms with Crippen molar-refractivity contribution >= 4 is 39.1 Å². The standard InChI is InChI=1S/C21H24Cl2N2O4S/c1-3-25(4-2)30(27,28)19-7-5-15(6-8-19)21(26)24-9-10-29-20(14-24)16-11-17(22)13-18(23)12-16/h5-8,11-13,20H,3-4,9-10,14H2,1-2H3. The first-order valence-corrected chi connectivity index (χ1v) is 11.9. The minimum absolute atomic E-state index is 0.177. The predicted molar refractivity (Wildman–Crippen MR) is 118 cm³/mol. The number of carbonyl (C=O) groups excluding carboxylic acids is 1. The Labute approximate surface area is 187 Å². The number of benzene rings is 2. The van der Waals surface area contributed by atoms with E-state index in [9.17, 15) is 13.2 Å². The molecule has 2 aromatic carbocycles. The maximum Gasteiger partial charge on any atom is 0.254 e. The third-order valence-corrected chi connectivity index (χ3v) is 7.56. The molecule has 1 unspecified atom stereocenters. The van der Waals surface area contributed by atoms with Crippen LogP contribution in [0.1, 0.15) is 35.9 Å². The Morgan fingerprint density at radius 1 is 1.10 bits per heavy atom. The van der Waals surface area contributed by atoms with Crippen molar-refractivity contribution in [1.29, 1.82) is 0 Å². The summed E-state index contributed by atoms with van der Waals surface area (Å²) >= 11 is 12.2. The number of hydrogen-bond donors (Lipinski definition) is 0. The summed E-state index contributed by atoms with van der Waals surface area (Å²) in [6.45, 7) is 5.55. The molecular weight excluding hydrogens is 447 g/mol. The number of ether oxygens (including phenoxy) is 1. The van der Waals surface area contributed by atoms with Crippen LogP contribution in [0.4, 0.5) is 0 Å². The summed E-state index contributed by atoms with van der Waals surface area (Å²) < 4.78 is 32.4. The maximum absolute atomic E-state index is 13.0. The van der Waals surface area contributed by atoms with Crippen LogP contribution in [-0.2, 0) is 14.8 Å². The molecule has 1 heterocycles. The molecule has 30 heavy (non-hydrogen) atoms. The molecule has 0 saturated carbocycles. The van der Waals surface area contributed by atoms with Crippen molar-refractivity contribution in [3.63, 3.8) is 0 Å². The molecule has 0 radical (unpaired) electrons. The van der Waals surface area contributed by atoms with Crippen LogP contribution in [0.25, 0.3) is 0 Å². The van der Waals surface area contributed by atoms with E-state index in [0.29, 0.717) is 48.4 Å². The van der Waals surface area contributed by atoms with Gasteiger partial charge in [0.05, 0.1) is 18.0 Å². The first kappa shape index (κ1) is 23.0. The fourth-order valence-corrected chi connectivity index (χ4v) is 5.46. The zero-order valence-corrected chi connectivity index (χ0v) is 19.2. The van der Waals surface area contributed by atoms with Gasteiger partial charge in [-0.05, 0) is 48.0 Å². The lowest BCUT2D eigenvalue weighted by Gasteiger charge is -2.33. The molecule has 0 N–H and O–H groups in total. The van der Waals surface area contributed by atoms with Crippen LogP contribution in [-0.4, -0.2) is 56.3 Å². The molecule has 0 aliphatic carbocycles. The van der Waals surface area contributed by atoms with Crippen LogP contribution in [0.2, 0.25) is 10.0 Å². The molecule has 3 rings (SSSR count). The van der Waals surface area contributed by atoms with Gasteiger partial charge in [0.15, 0.2) is 0 Å². The zero-order valence-electron chi connectivity index (χ0n) is 16.8. The Morgan fingerprint density at radius 2 is 1.70 bits per heavy atom. The van der Waals surface area contributed by atoms with E-state index in [0.717, 1.165) is 5.56 Å². The van der Waals surface area contributed by atoms with Gasteiger partial charge in [-0.1, -0.05) is 37.0 Å². The lowest BCUT2D eigenvalue weighted by molar-refractivity contribution is -0.0228. The zero-order chi connectivity index (χ0) is 21.9. The van der Waals surface area contributed by atoms with Crippen LogP contribution in [0.15, 0.2) is 47.4 Å². The van der Waals surface area contributed by atoms with E-state index in [2.05, 4.69) is 0 Å². The minimum atomic E-state index is -3.56. The summed E-state index contributed by atoms with van der Waals surface area (Å²) in [6.07, 6.45) is -0.332. The van der Waals surface area contributed by atoms with Crippen molar-refractivity contribution in [2.75, 3.05) is 32.8 Å². The lowest BCUT2D eigenvalue weighted by atomic mass is 10.1. The Balaban J connectivity index is 1.76. The molecule has 1 amide bonds. The van der Waals surface area contributed by atoms with Crippen molar-refractivity contribution in [2.24, 2.45) is 0 Å². The van der Waals surface area contributed by atoms with Crippen LogP contribution in [0.3, 0.4) is 0 Å². The van der Waals surface area contributed by atoms with E-state index < -0.39 is 10.0 Å². The maximum atomic E-state index is 13.0. The van der Waals surface area contributed by atoms with Crippen molar-refractivity contribution in [3.8, 4) is 0 Å². The first-order valence-electron chi connectivity index (χ1n) is 9.73. The SMILES string of the molecule is CCN(CC)S(=O)(=O)c1ccc(C(=O)N2CCOC(c3cc(Cl)cc(Cl)c3)C2)cc1. The second kappa shape index (κ2) is 9.66. The molecule has 1 saturated heterocycles. The molecule has 0 spiro atoms. The third kappa shape index (κ3) is 4.98. The Kier molecular flexibility index (Phi) is 7.42. The number of halogens is 2. The number of sulfonamides is 1. The number of nitrogens with zero attached hydrogens (tertiary/aromatic N) is 2. The highest BCUT2D eigenvalue weighted by molar-refractivity contribution is 7.89. The summed E-state index contributed by atoms with van der Waals surface area (Å²) in [7, 11) is -3.56. The van der Waals surface area contributed by atoms with Gasteiger partial charge in [-0.2, -0.15) is 4.31 Å². The van der Waals surface area contributed by atoms with Gasteiger partial charge >= 0.3 is 0 Å². The molecule has 1 aliphatic rings. The average molecular weight is 471 g/mol. The summed E-state index contributed by atoms with van der Waals surface area (Å²) in [4.78, 5) is 14.8. The Hall–Kier alpha value is -1.64. The predicted octanol–water partition coefficient (Wildman–Crippen LogP) is 4.24. The van der Waals surface area contributed by atoms with Crippen LogP contribution in [0, 0.1) is 0 Å². The highest BCUT2D eigenvalue weighted by Crippen LogP contribution is 2.28. The molecule has 1 fully saturated rings. The summed E-state index contributed by atoms with van der Waals surface area (Å²) in [5, 5.41) is 1.02. The van der Waals surface area contributed by atoms with Gasteiger partial charge in [0, 0.05) is 35.2 Å². The van der Waals surface area contributed by atoms with Crippen LogP contribution in [0.5, 0.6) is 0 Å². The molecule has 1 atom stereocenters.